The molecule has 0 spiro atoms. The summed E-state index contributed by atoms with van der Waals surface area (Å²) in [4.78, 5) is 32.4. The van der Waals surface area contributed by atoms with Crippen molar-refractivity contribution in [2.24, 2.45) is 5.92 Å². The SMILES string of the molecule is O=C(O)CC(COC(=O)OCc1ccccc1)C(=O)O. The van der Waals surface area contributed by atoms with E-state index in [9.17, 15) is 14.4 Å². The van der Waals surface area contributed by atoms with Gasteiger partial charge in [-0.2, -0.15) is 0 Å². The first-order chi connectivity index (χ1) is 9.49. The molecule has 0 heterocycles. The van der Waals surface area contributed by atoms with Crippen LogP contribution in [0.2, 0.25) is 0 Å². The molecule has 1 atom stereocenters. The van der Waals surface area contributed by atoms with Crippen LogP contribution in [0.4, 0.5) is 4.79 Å². The third-order valence-corrected chi connectivity index (χ3v) is 2.37. The van der Waals surface area contributed by atoms with Gasteiger partial charge in [-0.1, -0.05) is 30.3 Å². The highest BCUT2D eigenvalue weighted by Crippen LogP contribution is 2.06. The Labute approximate surface area is 114 Å². The molecule has 0 amide bonds. The van der Waals surface area contributed by atoms with Crippen molar-refractivity contribution in [1.29, 1.82) is 0 Å². The predicted octanol–water partition coefficient (Wildman–Crippen LogP) is 1.52. The van der Waals surface area contributed by atoms with Gasteiger partial charge in [0, 0.05) is 0 Å². The third kappa shape index (κ3) is 5.85. The number of hydrogen-bond acceptors (Lipinski definition) is 5. The van der Waals surface area contributed by atoms with E-state index in [0.29, 0.717) is 0 Å². The lowest BCUT2D eigenvalue weighted by Gasteiger charge is -2.10. The van der Waals surface area contributed by atoms with Crippen LogP contribution in [0, 0.1) is 5.92 Å². The van der Waals surface area contributed by atoms with Crippen LogP contribution in [-0.4, -0.2) is 34.9 Å². The van der Waals surface area contributed by atoms with E-state index in [-0.39, 0.29) is 6.61 Å². The molecule has 1 rings (SSSR count). The lowest BCUT2D eigenvalue weighted by atomic mass is 10.1. The molecule has 1 aromatic carbocycles. The second kappa shape index (κ2) is 7.78. The number of carbonyl (C=O) groups excluding carboxylic acids is 1. The summed E-state index contributed by atoms with van der Waals surface area (Å²) in [6, 6.07) is 8.86. The van der Waals surface area contributed by atoms with E-state index in [2.05, 4.69) is 4.74 Å². The van der Waals surface area contributed by atoms with E-state index in [1.54, 1.807) is 24.3 Å². The van der Waals surface area contributed by atoms with Crippen molar-refractivity contribution >= 4 is 18.1 Å². The quantitative estimate of drug-likeness (QED) is 0.729. The van der Waals surface area contributed by atoms with Crippen LogP contribution in [0.1, 0.15) is 12.0 Å². The zero-order chi connectivity index (χ0) is 15.0. The zero-order valence-corrected chi connectivity index (χ0v) is 10.5. The van der Waals surface area contributed by atoms with Gasteiger partial charge >= 0.3 is 18.1 Å². The summed E-state index contributed by atoms with van der Waals surface area (Å²) in [5.74, 6) is -3.92. The Morgan fingerprint density at radius 3 is 2.25 bits per heavy atom. The fourth-order valence-corrected chi connectivity index (χ4v) is 1.36. The van der Waals surface area contributed by atoms with Crippen molar-refractivity contribution in [1.82, 2.24) is 0 Å². The Morgan fingerprint density at radius 1 is 1.05 bits per heavy atom. The molecule has 1 aromatic rings. The topological polar surface area (TPSA) is 110 Å². The van der Waals surface area contributed by atoms with Crippen molar-refractivity contribution in [2.75, 3.05) is 6.61 Å². The fourth-order valence-electron chi connectivity index (χ4n) is 1.36. The molecule has 108 valence electrons. The minimum absolute atomic E-state index is 0.00363. The van der Waals surface area contributed by atoms with Crippen molar-refractivity contribution < 1.29 is 34.1 Å². The van der Waals surface area contributed by atoms with Gasteiger partial charge < -0.3 is 19.7 Å². The monoisotopic (exact) mass is 282 g/mol. The van der Waals surface area contributed by atoms with Crippen molar-refractivity contribution in [3.05, 3.63) is 35.9 Å². The van der Waals surface area contributed by atoms with Gasteiger partial charge in [0.2, 0.25) is 0 Å². The largest absolute Gasteiger partial charge is 0.508 e. The summed E-state index contributed by atoms with van der Waals surface area (Å²) in [6.07, 6.45) is -1.66. The van der Waals surface area contributed by atoms with E-state index >= 15 is 0 Å². The zero-order valence-electron chi connectivity index (χ0n) is 10.5. The molecule has 0 bridgehead atoms. The first-order valence-corrected chi connectivity index (χ1v) is 5.77. The molecule has 0 fully saturated rings. The third-order valence-electron chi connectivity index (χ3n) is 2.37. The summed E-state index contributed by atoms with van der Waals surface area (Å²) < 4.78 is 9.34. The van der Waals surface area contributed by atoms with Crippen molar-refractivity contribution in [2.45, 2.75) is 13.0 Å². The van der Waals surface area contributed by atoms with Crippen molar-refractivity contribution in [3.63, 3.8) is 0 Å². The average molecular weight is 282 g/mol. The highest BCUT2D eigenvalue weighted by atomic mass is 16.7. The van der Waals surface area contributed by atoms with Crippen molar-refractivity contribution in [3.8, 4) is 0 Å². The van der Waals surface area contributed by atoms with Gasteiger partial charge in [-0.25, -0.2) is 4.79 Å². The maximum Gasteiger partial charge on any atom is 0.508 e. The first kappa shape index (κ1) is 15.5. The molecule has 0 aliphatic heterocycles. The van der Waals surface area contributed by atoms with Gasteiger partial charge in [0.1, 0.15) is 19.1 Å². The number of carboxylic acid groups (broad SMARTS) is 2. The number of benzene rings is 1. The Hall–Kier alpha value is -2.57. The number of hydrogen-bond donors (Lipinski definition) is 2. The lowest BCUT2D eigenvalue weighted by molar-refractivity contribution is -0.149. The second-order valence-electron chi connectivity index (χ2n) is 3.97. The van der Waals surface area contributed by atoms with Gasteiger partial charge in [-0.05, 0) is 5.56 Å². The number of carbonyl (C=O) groups is 3. The fraction of sp³-hybridized carbons (Fsp3) is 0.308. The Morgan fingerprint density at radius 2 is 1.70 bits per heavy atom. The van der Waals surface area contributed by atoms with Gasteiger partial charge in [0.05, 0.1) is 6.42 Å². The molecule has 2 N–H and O–H groups in total. The summed E-state index contributed by atoms with van der Waals surface area (Å²) in [6.45, 7) is -0.550. The minimum Gasteiger partial charge on any atom is -0.481 e. The molecule has 0 aromatic heterocycles. The van der Waals surface area contributed by atoms with E-state index in [0.717, 1.165) is 5.56 Å². The second-order valence-corrected chi connectivity index (χ2v) is 3.97. The molecule has 0 radical (unpaired) electrons. The van der Waals surface area contributed by atoms with E-state index in [1.807, 2.05) is 6.07 Å². The van der Waals surface area contributed by atoms with E-state index in [1.165, 1.54) is 0 Å². The number of carboxylic acids is 2. The van der Waals surface area contributed by atoms with Gasteiger partial charge in [-0.15, -0.1) is 0 Å². The summed E-state index contributed by atoms with van der Waals surface area (Å²) in [5, 5.41) is 17.3. The maximum atomic E-state index is 11.2. The highest BCUT2D eigenvalue weighted by Gasteiger charge is 2.23. The molecular formula is C13H14O7. The highest BCUT2D eigenvalue weighted by molar-refractivity contribution is 5.78. The lowest BCUT2D eigenvalue weighted by Crippen LogP contribution is -2.24. The maximum absolute atomic E-state index is 11.2. The Bertz CT molecular complexity index is 469. The molecule has 0 aliphatic carbocycles. The summed E-state index contributed by atoms with van der Waals surface area (Å²) >= 11 is 0. The molecule has 0 aliphatic rings. The summed E-state index contributed by atoms with van der Waals surface area (Å²) in [5.41, 5.74) is 0.754. The number of rotatable bonds is 7. The average Bonchev–Trinajstić information content (AvgIpc) is 2.41. The van der Waals surface area contributed by atoms with Crippen LogP contribution < -0.4 is 0 Å². The molecule has 20 heavy (non-hydrogen) atoms. The molecule has 0 saturated carbocycles. The summed E-state index contributed by atoms with van der Waals surface area (Å²) in [7, 11) is 0. The Balaban J connectivity index is 2.34. The number of ether oxygens (including phenoxy) is 2. The molecular weight excluding hydrogens is 268 g/mol. The van der Waals surface area contributed by atoms with Gasteiger partial charge in [0.15, 0.2) is 0 Å². The molecule has 7 heteroatoms. The Kier molecular flexibility index (Phi) is 6.02. The van der Waals surface area contributed by atoms with Crippen LogP contribution in [-0.2, 0) is 25.7 Å². The first-order valence-electron chi connectivity index (χ1n) is 5.77. The standard InChI is InChI=1S/C13H14O7/c14-11(15)6-10(12(16)17)8-20-13(18)19-7-9-4-2-1-3-5-9/h1-5,10H,6-8H2,(H,14,15)(H,16,17). The van der Waals surface area contributed by atoms with E-state index < -0.39 is 37.0 Å². The smallest absolute Gasteiger partial charge is 0.481 e. The van der Waals surface area contributed by atoms with Crippen LogP contribution in [0.5, 0.6) is 0 Å². The van der Waals surface area contributed by atoms with E-state index in [4.69, 9.17) is 14.9 Å². The minimum atomic E-state index is -1.34. The molecule has 1 unspecified atom stereocenters. The predicted molar refractivity (Wildman–Crippen MR) is 66.0 cm³/mol. The van der Waals surface area contributed by atoms with Gasteiger partial charge in [-0.3, -0.25) is 9.59 Å². The van der Waals surface area contributed by atoms with Crippen LogP contribution in [0.15, 0.2) is 30.3 Å². The van der Waals surface area contributed by atoms with Crippen LogP contribution >= 0.6 is 0 Å². The number of aliphatic carboxylic acids is 2. The van der Waals surface area contributed by atoms with Crippen LogP contribution in [0.25, 0.3) is 0 Å². The molecule has 0 saturated heterocycles. The van der Waals surface area contributed by atoms with Gasteiger partial charge in [0.25, 0.3) is 0 Å². The van der Waals surface area contributed by atoms with Crippen LogP contribution in [0.3, 0.4) is 0 Å². The molecule has 7 nitrogen and oxygen atoms in total. The normalized spacial score (nSPS) is 11.4.